The zero-order valence-electron chi connectivity index (χ0n) is 17.9. The molecule has 0 radical (unpaired) electrons. The first kappa shape index (κ1) is 20.6. The van der Waals surface area contributed by atoms with Crippen molar-refractivity contribution >= 4 is 22.9 Å². The summed E-state index contributed by atoms with van der Waals surface area (Å²) < 4.78 is 7.39. The lowest BCUT2D eigenvalue weighted by molar-refractivity contribution is 0.0169. The van der Waals surface area contributed by atoms with Crippen molar-refractivity contribution in [3.05, 3.63) is 36.2 Å². The van der Waals surface area contributed by atoms with Crippen LogP contribution in [0.2, 0.25) is 0 Å². The van der Waals surface area contributed by atoms with Crippen LogP contribution in [0.15, 0.2) is 30.6 Å². The first-order chi connectivity index (χ1) is 14.8. The lowest BCUT2D eigenvalue weighted by Crippen LogP contribution is -2.43. The second-order valence-corrected chi connectivity index (χ2v) is 8.66. The molecule has 2 N–H and O–H groups in total. The number of benzene rings is 1. The molecule has 4 rings (SSSR count). The van der Waals surface area contributed by atoms with Gasteiger partial charge in [-0.1, -0.05) is 12.1 Å². The van der Waals surface area contributed by atoms with Gasteiger partial charge in [-0.3, -0.25) is 0 Å². The first-order valence-electron chi connectivity index (χ1n) is 10.2. The Morgan fingerprint density at radius 1 is 1.26 bits per heavy atom. The Kier molecular flexibility index (Phi) is 5.23. The molecule has 9 heteroatoms. The molecule has 160 valence electrons. The molecular formula is C22H25N7O2. The van der Waals surface area contributed by atoms with E-state index in [1.54, 1.807) is 17.0 Å². The first-order valence-corrected chi connectivity index (χ1v) is 10.2. The lowest BCUT2D eigenvalue weighted by Gasteiger charge is -2.34. The van der Waals surface area contributed by atoms with Crippen LogP contribution in [0.1, 0.15) is 45.2 Å². The molecule has 1 aliphatic rings. The molecule has 31 heavy (non-hydrogen) atoms. The van der Waals surface area contributed by atoms with Gasteiger partial charge in [-0.15, -0.1) is 0 Å². The number of anilines is 1. The van der Waals surface area contributed by atoms with Gasteiger partial charge in [0.25, 0.3) is 0 Å². The van der Waals surface area contributed by atoms with Crippen LogP contribution in [0.3, 0.4) is 0 Å². The van der Waals surface area contributed by atoms with Crippen LogP contribution in [0, 0.1) is 11.3 Å². The highest BCUT2D eigenvalue weighted by Crippen LogP contribution is 2.34. The van der Waals surface area contributed by atoms with Crippen molar-refractivity contribution in [1.82, 2.24) is 24.6 Å². The maximum Gasteiger partial charge on any atom is 0.410 e. The number of nitrogens with zero attached hydrogens (tertiary/aromatic N) is 6. The normalized spacial score (nSPS) is 16.8. The highest BCUT2D eigenvalue weighted by atomic mass is 16.6. The van der Waals surface area contributed by atoms with Crippen LogP contribution in [-0.4, -0.2) is 49.4 Å². The van der Waals surface area contributed by atoms with Gasteiger partial charge in [0, 0.05) is 18.7 Å². The molecular weight excluding hydrogens is 394 g/mol. The van der Waals surface area contributed by atoms with E-state index in [1.807, 2.05) is 37.6 Å². The summed E-state index contributed by atoms with van der Waals surface area (Å²) >= 11 is 0. The van der Waals surface area contributed by atoms with Gasteiger partial charge in [-0.2, -0.15) is 10.4 Å². The Balaban J connectivity index is 1.72. The number of likely N-dealkylation sites (tertiary alicyclic amines) is 1. The molecule has 0 bridgehead atoms. The van der Waals surface area contributed by atoms with Crippen molar-refractivity contribution in [1.29, 1.82) is 5.26 Å². The average molecular weight is 419 g/mol. The van der Waals surface area contributed by atoms with Crippen LogP contribution in [0.4, 0.5) is 10.6 Å². The minimum absolute atomic E-state index is 0.0646. The third kappa shape index (κ3) is 4.14. The number of nitriles is 1. The number of rotatable bonds is 2. The van der Waals surface area contributed by atoms with Gasteiger partial charge in [-0.05, 0) is 45.7 Å². The van der Waals surface area contributed by atoms with Gasteiger partial charge in [0.2, 0.25) is 0 Å². The highest BCUT2D eigenvalue weighted by molar-refractivity contribution is 5.98. The second kappa shape index (κ2) is 7.87. The lowest BCUT2D eigenvalue weighted by atomic mass is 10.1. The largest absolute Gasteiger partial charge is 0.444 e. The summed E-state index contributed by atoms with van der Waals surface area (Å²) in [6.07, 6.45) is 2.78. The van der Waals surface area contributed by atoms with Gasteiger partial charge in [0.05, 0.1) is 23.1 Å². The smallest absolute Gasteiger partial charge is 0.410 e. The zero-order chi connectivity index (χ0) is 22.2. The quantitative estimate of drug-likeness (QED) is 0.674. The molecule has 1 saturated heterocycles. The van der Waals surface area contributed by atoms with E-state index in [-0.39, 0.29) is 12.1 Å². The van der Waals surface area contributed by atoms with E-state index < -0.39 is 5.60 Å². The summed E-state index contributed by atoms with van der Waals surface area (Å²) in [7, 11) is 0. The van der Waals surface area contributed by atoms with Crippen molar-refractivity contribution in [2.45, 2.75) is 45.3 Å². The maximum absolute atomic E-state index is 12.6. The Morgan fingerprint density at radius 2 is 2.00 bits per heavy atom. The number of fused-ring (bicyclic) bond motifs is 1. The van der Waals surface area contributed by atoms with Gasteiger partial charge in [0.15, 0.2) is 5.65 Å². The summed E-state index contributed by atoms with van der Waals surface area (Å²) in [5, 5.41) is 14.6. The Hall–Kier alpha value is -3.67. The fraction of sp³-hybridized carbons (Fsp3) is 0.409. The van der Waals surface area contributed by atoms with E-state index in [1.165, 1.54) is 6.33 Å². The molecule has 9 nitrogen and oxygen atoms in total. The number of carbonyl (C=O) groups excluding carboxylic acids is 1. The van der Waals surface area contributed by atoms with E-state index in [9.17, 15) is 4.79 Å². The summed E-state index contributed by atoms with van der Waals surface area (Å²) in [4.78, 5) is 22.9. The molecule has 1 unspecified atom stereocenters. The highest BCUT2D eigenvalue weighted by Gasteiger charge is 2.31. The molecule has 0 spiro atoms. The second-order valence-electron chi connectivity index (χ2n) is 8.66. The molecule has 3 aromatic rings. The summed E-state index contributed by atoms with van der Waals surface area (Å²) in [6, 6.07) is 9.21. The topological polar surface area (TPSA) is 123 Å². The van der Waals surface area contributed by atoms with Crippen LogP contribution in [-0.2, 0) is 4.74 Å². The molecule has 1 atom stereocenters. The Morgan fingerprint density at radius 3 is 2.68 bits per heavy atom. The molecule has 0 saturated carbocycles. The molecule has 2 aromatic heterocycles. The van der Waals surface area contributed by atoms with Gasteiger partial charge < -0.3 is 15.4 Å². The summed E-state index contributed by atoms with van der Waals surface area (Å²) in [5.74, 6) is 0.343. The molecule has 1 aromatic carbocycles. The number of amides is 1. The zero-order valence-corrected chi connectivity index (χ0v) is 17.9. The van der Waals surface area contributed by atoms with Crippen LogP contribution in [0.5, 0.6) is 0 Å². The van der Waals surface area contributed by atoms with Crippen LogP contribution >= 0.6 is 0 Å². The van der Waals surface area contributed by atoms with Crippen molar-refractivity contribution in [3.8, 4) is 17.3 Å². The minimum atomic E-state index is -0.549. The van der Waals surface area contributed by atoms with Crippen LogP contribution in [0.25, 0.3) is 22.3 Å². The number of carbonyl (C=O) groups is 1. The number of hydrogen-bond donors (Lipinski definition) is 1. The van der Waals surface area contributed by atoms with E-state index in [0.29, 0.717) is 41.2 Å². The van der Waals surface area contributed by atoms with E-state index in [0.717, 1.165) is 18.4 Å². The van der Waals surface area contributed by atoms with Crippen molar-refractivity contribution in [2.75, 3.05) is 18.8 Å². The monoisotopic (exact) mass is 419 g/mol. The number of piperidine rings is 1. The van der Waals surface area contributed by atoms with Gasteiger partial charge in [-0.25, -0.2) is 19.4 Å². The van der Waals surface area contributed by atoms with Crippen molar-refractivity contribution in [3.63, 3.8) is 0 Å². The number of nitrogens with two attached hydrogens (primary N) is 1. The van der Waals surface area contributed by atoms with E-state index >= 15 is 0 Å². The van der Waals surface area contributed by atoms with Crippen molar-refractivity contribution < 1.29 is 9.53 Å². The predicted octanol–water partition coefficient (Wildman–Crippen LogP) is 3.52. The molecule has 0 aliphatic carbocycles. The third-order valence-electron chi connectivity index (χ3n) is 5.20. The third-order valence-corrected chi connectivity index (χ3v) is 5.20. The number of nitrogen functional groups attached to an aromatic ring is 1. The standard InChI is InChI=1S/C22H25N7O2/c1-22(2,3)31-21(30)28-10-4-5-16(12-28)29-20-17(19(24)25-13-26-20)18(27-29)15-8-6-14(11-23)7-9-15/h6-9,13,16H,4-5,10,12H2,1-3H3,(H2,24,25,26). The molecule has 1 aliphatic heterocycles. The fourth-order valence-electron chi connectivity index (χ4n) is 3.80. The maximum atomic E-state index is 12.6. The minimum Gasteiger partial charge on any atom is -0.444 e. The van der Waals surface area contributed by atoms with E-state index in [4.69, 9.17) is 20.8 Å². The summed E-state index contributed by atoms with van der Waals surface area (Å²) in [6.45, 7) is 6.69. The van der Waals surface area contributed by atoms with Crippen LogP contribution < -0.4 is 5.73 Å². The Labute approximate surface area is 180 Å². The van der Waals surface area contributed by atoms with E-state index in [2.05, 4.69) is 16.0 Å². The predicted molar refractivity (Wildman–Crippen MR) is 116 cm³/mol. The summed E-state index contributed by atoms with van der Waals surface area (Å²) in [5.41, 5.74) is 8.32. The average Bonchev–Trinajstić information content (AvgIpc) is 3.14. The number of aromatic nitrogens is 4. The SMILES string of the molecule is CC(C)(C)OC(=O)N1CCCC(n2nc(-c3ccc(C#N)cc3)c3c(N)ncnc32)C1. The molecule has 1 amide bonds. The van der Waals surface area contributed by atoms with Gasteiger partial charge in [0.1, 0.15) is 23.4 Å². The molecule has 1 fully saturated rings. The number of hydrogen-bond acceptors (Lipinski definition) is 7. The molecule has 3 heterocycles. The van der Waals surface area contributed by atoms with Crippen molar-refractivity contribution in [2.24, 2.45) is 0 Å². The number of ether oxygens (including phenoxy) is 1. The van der Waals surface area contributed by atoms with Gasteiger partial charge >= 0.3 is 6.09 Å². The fourth-order valence-corrected chi connectivity index (χ4v) is 3.80. The Bertz CT molecular complexity index is 1160.